The average molecular weight is 202 g/mol. The first-order valence-corrected chi connectivity index (χ1v) is 5.12. The van der Waals surface area contributed by atoms with E-state index < -0.39 is 0 Å². The van der Waals surface area contributed by atoms with Gasteiger partial charge in [0, 0.05) is 7.05 Å². The second-order valence-electron chi connectivity index (χ2n) is 2.60. The number of thioether (sulfide) groups is 1. The fraction of sp³-hybridized carbons (Fsp3) is 0.625. The van der Waals surface area contributed by atoms with Crippen molar-refractivity contribution in [3.8, 4) is 0 Å². The third-order valence-electron chi connectivity index (χ3n) is 1.83. The lowest BCUT2D eigenvalue weighted by Crippen LogP contribution is -1.99. The minimum absolute atomic E-state index is 0.0797. The van der Waals surface area contributed by atoms with Crippen molar-refractivity contribution in [1.29, 1.82) is 0 Å². The van der Waals surface area contributed by atoms with Gasteiger partial charge in [-0.15, -0.1) is 0 Å². The summed E-state index contributed by atoms with van der Waals surface area (Å²) in [5.41, 5.74) is 1.26. The smallest absolute Gasteiger partial charge is 0.168 e. The fourth-order valence-electron chi connectivity index (χ4n) is 1.15. The molecule has 0 spiro atoms. The van der Waals surface area contributed by atoms with Gasteiger partial charge in [-0.05, 0) is 5.75 Å². The first-order valence-electron chi connectivity index (χ1n) is 4.13. The molecule has 1 aromatic rings. The minimum Gasteiger partial charge on any atom is -0.390 e. The minimum atomic E-state index is -0.117. The van der Waals surface area contributed by atoms with E-state index in [1.807, 2.05) is 18.5 Å². The van der Waals surface area contributed by atoms with Crippen LogP contribution >= 0.6 is 11.8 Å². The zero-order valence-electron chi connectivity index (χ0n) is 7.82. The molecular weight excluding hydrogens is 188 g/mol. The Morgan fingerprint density at radius 1 is 1.38 bits per heavy atom. The molecule has 0 bridgehead atoms. The Balaban J connectivity index is 3.03. The molecule has 0 saturated heterocycles. The van der Waals surface area contributed by atoms with Gasteiger partial charge in [0.2, 0.25) is 0 Å². The zero-order chi connectivity index (χ0) is 9.84. The topological polar surface area (TPSA) is 58.3 Å². The third kappa shape index (κ3) is 2.04. The molecule has 1 rings (SSSR count). The van der Waals surface area contributed by atoms with E-state index in [1.54, 1.807) is 11.8 Å². The summed E-state index contributed by atoms with van der Waals surface area (Å²) in [6.45, 7) is 1.84. The van der Waals surface area contributed by atoms with Gasteiger partial charge in [-0.1, -0.05) is 18.7 Å². The Kier molecular flexibility index (Phi) is 3.77. The molecule has 0 fully saturated rings. The van der Waals surface area contributed by atoms with Crippen LogP contribution < -0.4 is 0 Å². The summed E-state index contributed by atoms with van der Waals surface area (Å²) in [6.07, 6.45) is 0. The lowest BCUT2D eigenvalue weighted by molar-refractivity contribution is 0.251. The van der Waals surface area contributed by atoms with Gasteiger partial charge < -0.3 is 14.8 Å². The van der Waals surface area contributed by atoms with Crippen LogP contribution in [0.4, 0.5) is 0 Å². The van der Waals surface area contributed by atoms with Gasteiger partial charge in [-0.3, -0.25) is 0 Å². The van der Waals surface area contributed by atoms with E-state index in [9.17, 15) is 0 Å². The third-order valence-corrected chi connectivity index (χ3v) is 2.74. The number of imidazole rings is 1. The molecule has 0 aromatic carbocycles. The van der Waals surface area contributed by atoms with Crippen molar-refractivity contribution in [2.45, 2.75) is 25.3 Å². The van der Waals surface area contributed by atoms with Crippen molar-refractivity contribution >= 4 is 11.8 Å². The van der Waals surface area contributed by atoms with Crippen LogP contribution in [-0.2, 0) is 20.3 Å². The lowest BCUT2D eigenvalue weighted by atomic mass is 10.3. The Hall–Kier alpha value is -0.520. The van der Waals surface area contributed by atoms with Gasteiger partial charge in [-0.2, -0.15) is 0 Å². The van der Waals surface area contributed by atoms with Crippen LogP contribution in [0, 0.1) is 0 Å². The maximum atomic E-state index is 9.03. The molecule has 0 atom stereocenters. The van der Waals surface area contributed by atoms with E-state index in [2.05, 4.69) is 4.98 Å². The number of aliphatic hydroxyl groups is 2. The van der Waals surface area contributed by atoms with Crippen LogP contribution in [0.5, 0.6) is 0 Å². The second-order valence-corrected chi connectivity index (χ2v) is 3.83. The molecule has 1 aromatic heterocycles. The molecule has 0 aliphatic carbocycles. The van der Waals surface area contributed by atoms with Crippen molar-refractivity contribution in [1.82, 2.24) is 9.55 Å². The summed E-state index contributed by atoms with van der Waals surface area (Å²) in [5, 5.41) is 18.8. The van der Waals surface area contributed by atoms with Crippen LogP contribution in [0.2, 0.25) is 0 Å². The van der Waals surface area contributed by atoms with Crippen LogP contribution in [0.25, 0.3) is 0 Å². The maximum absolute atomic E-state index is 9.03. The zero-order valence-corrected chi connectivity index (χ0v) is 8.63. The summed E-state index contributed by atoms with van der Waals surface area (Å²) in [6, 6.07) is 0. The van der Waals surface area contributed by atoms with Crippen molar-refractivity contribution in [3.05, 3.63) is 11.4 Å². The molecule has 1 heterocycles. The fourth-order valence-corrected chi connectivity index (χ4v) is 1.88. The number of rotatable bonds is 4. The van der Waals surface area contributed by atoms with Crippen LogP contribution in [0.15, 0.2) is 5.16 Å². The number of aliphatic hydroxyl groups excluding tert-OH is 2. The molecular formula is C8H14N2O2S. The highest BCUT2D eigenvalue weighted by Crippen LogP contribution is 2.20. The van der Waals surface area contributed by atoms with E-state index in [0.717, 1.165) is 10.9 Å². The molecule has 0 unspecified atom stereocenters. The monoisotopic (exact) mass is 202 g/mol. The average Bonchev–Trinajstić information content (AvgIpc) is 2.44. The highest BCUT2D eigenvalue weighted by Gasteiger charge is 2.12. The summed E-state index contributed by atoms with van der Waals surface area (Å²) in [7, 11) is 1.84. The Morgan fingerprint density at radius 3 is 2.46 bits per heavy atom. The Labute approximate surface area is 81.6 Å². The predicted octanol–water partition coefficient (Wildman–Crippen LogP) is 0.517. The second kappa shape index (κ2) is 4.64. The number of nitrogens with zero attached hydrogens (tertiary/aromatic N) is 2. The van der Waals surface area contributed by atoms with Gasteiger partial charge in [0.1, 0.15) is 0 Å². The normalized spacial score (nSPS) is 10.8. The lowest BCUT2D eigenvalue weighted by Gasteiger charge is -2.01. The SMILES string of the molecule is CCSc1nc(CO)c(CO)n1C. The molecule has 0 amide bonds. The molecule has 74 valence electrons. The van der Waals surface area contributed by atoms with Crippen molar-refractivity contribution in [2.75, 3.05) is 5.75 Å². The van der Waals surface area contributed by atoms with Gasteiger partial charge in [-0.25, -0.2) is 4.98 Å². The first kappa shape index (κ1) is 10.6. The van der Waals surface area contributed by atoms with E-state index in [0.29, 0.717) is 11.4 Å². The molecule has 0 aliphatic heterocycles. The molecule has 0 saturated carbocycles. The largest absolute Gasteiger partial charge is 0.390 e. The Morgan fingerprint density at radius 2 is 2.08 bits per heavy atom. The van der Waals surface area contributed by atoms with Crippen molar-refractivity contribution in [2.24, 2.45) is 7.05 Å². The number of hydrogen-bond acceptors (Lipinski definition) is 4. The molecule has 4 nitrogen and oxygen atoms in total. The van der Waals surface area contributed by atoms with Crippen molar-refractivity contribution in [3.63, 3.8) is 0 Å². The van der Waals surface area contributed by atoms with Gasteiger partial charge in [0.05, 0.1) is 24.6 Å². The van der Waals surface area contributed by atoms with E-state index in [-0.39, 0.29) is 13.2 Å². The molecule has 13 heavy (non-hydrogen) atoms. The van der Waals surface area contributed by atoms with Crippen molar-refractivity contribution < 1.29 is 10.2 Å². The quantitative estimate of drug-likeness (QED) is 0.699. The summed E-state index contributed by atoms with van der Waals surface area (Å²) >= 11 is 1.60. The predicted molar refractivity (Wildman–Crippen MR) is 51.5 cm³/mol. The standard InChI is InChI=1S/C8H14N2O2S/c1-3-13-8-9-6(4-11)7(5-12)10(8)2/h11-12H,3-5H2,1-2H3. The maximum Gasteiger partial charge on any atom is 0.168 e. The first-order chi connectivity index (χ1) is 6.24. The highest BCUT2D eigenvalue weighted by atomic mass is 32.2. The molecule has 0 aliphatic rings. The van der Waals surface area contributed by atoms with E-state index in [1.165, 1.54) is 0 Å². The molecule has 5 heteroatoms. The summed E-state index contributed by atoms with van der Waals surface area (Å²) < 4.78 is 1.82. The van der Waals surface area contributed by atoms with Crippen LogP contribution in [0.3, 0.4) is 0 Å². The summed E-state index contributed by atoms with van der Waals surface area (Å²) in [4.78, 5) is 4.20. The van der Waals surface area contributed by atoms with Crippen LogP contribution in [0.1, 0.15) is 18.3 Å². The Bertz CT molecular complexity index is 286. The highest BCUT2D eigenvalue weighted by molar-refractivity contribution is 7.99. The molecule has 2 N–H and O–H groups in total. The van der Waals surface area contributed by atoms with Crippen LogP contribution in [-0.4, -0.2) is 25.5 Å². The number of aromatic nitrogens is 2. The van der Waals surface area contributed by atoms with Gasteiger partial charge in [0.25, 0.3) is 0 Å². The number of hydrogen-bond donors (Lipinski definition) is 2. The molecule has 0 radical (unpaired) electrons. The van der Waals surface area contributed by atoms with E-state index in [4.69, 9.17) is 10.2 Å². The summed E-state index contributed by atoms with van der Waals surface area (Å²) in [5.74, 6) is 0.931. The van der Waals surface area contributed by atoms with Gasteiger partial charge in [0.15, 0.2) is 5.16 Å². The van der Waals surface area contributed by atoms with E-state index >= 15 is 0 Å². The van der Waals surface area contributed by atoms with Gasteiger partial charge >= 0.3 is 0 Å².